The van der Waals surface area contributed by atoms with Crippen LogP contribution in [-0.2, 0) is 20.8 Å². The molecular formula is C39H45F6NO6. The highest BCUT2D eigenvalue weighted by molar-refractivity contribution is 5.84. The Morgan fingerprint density at radius 3 is 2.21 bits per heavy atom. The summed E-state index contributed by atoms with van der Waals surface area (Å²) >= 11 is 0. The molecule has 1 saturated heterocycles. The molecule has 1 amide bonds. The first kappa shape index (κ1) is 37.2. The van der Waals surface area contributed by atoms with E-state index in [1.165, 1.54) is 31.2 Å². The predicted octanol–water partition coefficient (Wildman–Crippen LogP) is 8.80. The maximum Gasteiger partial charge on any atom is 0.456 e. The van der Waals surface area contributed by atoms with Gasteiger partial charge in [0.15, 0.2) is 5.79 Å². The minimum atomic E-state index is -5.95. The molecule has 0 aromatic heterocycles. The summed E-state index contributed by atoms with van der Waals surface area (Å²) in [6, 6.07) is 12.0. The molecule has 3 N–H and O–H groups in total. The van der Waals surface area contributed by atoms with Gasteiger partial charge in [0.1, 0.15) is 18.0 Å². The van der Waals surface area contributed by atoms with Gasteiger partial charge in [-0.05, 0) is 91.3 Å². The van der Waals surface area contributed by atoms with E-state index in [9.17, 15) is 32.6 Å². The molecule has 2 aromatic rings. The zero-order valence-electron chi connectivity index (χ0n) is 29.4. The highest BCUT2D eigenvalue weighted by atomic mass is 19.4. The van der Waals surface area contributed by atoms with Crippen LogP contribution in [0, 0.1) is 28.5 Å². The average Bonchev–Trinajstić information content (AvgIpc) is 3.36. The molecule has 2 aromatic carbocycles. The van der Waals surface area contributed by atoms with E-state index in [4.69, 9.17) is 14.2 Å². The Morgan fingerprint density at radius 1 is 0.923 bits per heavy atom. The summed E-state index contributed by atoms with van der Waals surface area (Å²) in [5.74, 6) is -8.56. The van der Waals surface area contributed by atoms with Crippen LogP contribution in [0.4, 0.5) is 36.8 Å². The highest BCUT2D eigenvalue weighted by Crippen LogP contribution is 2.71. The van der Waals surface area contributed by atoms with Crippen LogP contribution in [0.15, 0.2) is 59.7 Å². The van der Waals surface area contributed by atoms with E-state index >= 15 is 8.78 Å². The van der Waals surface area contributed by atoms with Gasteiger partial charge >= 0.3 is 18.2 Å². The molecule has 4 aliphatic carbocycles. The molecule has 6 atom stereocenters. The molecule has 1 aliphatic heterocycles. The third-order valence-corrected chi connectivity index (χ3v) is 12.7. The number of alkyl halides is 5. The van der Waals surface area contributed by atoms with Crippen molar-refractivity contribution in [3.8, 4) is 0 Å². The van der Waals surface area contributed by atoms with E-state index in [1.54, 1.807) is 24.3 Å². The van der Waals surface area contributed by atoms with Gasteiger partial charge in [0.25, 0.3) is 0 Å². The molecule has 3 saturated carbocycles. The van der Waals surface area contributed by atoms with Crippen LogP contribution in [0.3, 0.4) is 0 Å². The third-order valence-electron chi connectivity index (χ3n) is 12.7. The number of fused-ring (bicyclic) bond motifs is 4. The van der Waals surface area contributed by atoms with Crippen LogP contribution in [0.25, 0.3) is 0 Å². The second kappa shape index (κ2) is 12.5. The lowest BCUT2D eigenvalue weighted by Gasteiger charge is -2.59. The number of amides is 1. The molecule has 4 fully saturated rings. The maximum atomic E-state index is 15.4. The van der Waals surface area contributed by atoms with Crippen LogP contribution in [-0.4, -0.2) is 58.6 Å². The third kappa shape index (κ3) is 6.03. The fraction of sp³-hybridized carbons (Fsp3) is 0.615. The molecule has 5 aliphatic rings. The van der Waals surface area contributed by atoms with Crippen molar-refractivity contribution in [3.05, 3.63) is 76.6 Å². The van der Waals surface area contributed by atoms with Gasteiger partial charge in [0.2, 0.25) is 0 Å². The number of ether oxygens (including phenoxy) is 3. The SMILES string of the molecule is CC1(C)COC2(CCC3=C4[C@@H](CC[C@@]3(O)C2)[C@@H]2CC[C@@](O)(C(F)(F)C(F)(F)F)[C@@]2(C)C[C@@H]4c2ccc(COC(=O)Nc3ccc(F)cc3)cc2)OC1. The average molecular weight is 738 g/mol. The summed E-state index contributed by atoms with van der Waals surface area (Å²) in [6.07, 6.45) is -5.96. The maximum absolute atomic E-state index is 15.4. The predicted molar refractivity (Wildman–Crippen MR) is 178 cm³/mol. The summed E-state index contributed by atoms with van der Waals surface area (Å²) in [5.41, 5.74) is -3.48. The molecule has 7 rings (SSSR count). The first-order chi connectivity index (χ1) is 24.2. The Morgan fingerprint density at radius 2 is 1.58 bits per heavy atom. The summed E-state index contributed by atoms with van der Waals surface area (Å²) in [5, 5.41) is 26.5. The number of aliphatic hydroxyl groups is 2. The van der Waals surface area contributed by atoms with Gasteiger partial charge < -0.3 is 24.4 Å². The molecule has 13 heteroatoms. The standard InChI is InChI=1S/C39H45F6NO6/c1-33(2)21-51-36(52-22-33)16-13-30-31-27(12-15-35(30,48)20-36)29-14-17-37(49,38(41,42)39(43,44)45)34(29,3)18-28(31)24-6-4-23(5-7-24)19-50-32(47)46-26-10-8-25(40)9-11-26/h4-11,27-29,48-49H,12-22H2,1-3H3,(H,46,47)/t27-,28+,29-,34-,35+,37-/m0/s1. The van der Waals surface area contributed by atoms with Crippen molar-refractivity contribution >= 4 is 11.8 Å². The van der Waals surface area contributed by atoms with Crippen molar-refractivity contribution in [3.63, 3.8) is 0 Å². The summed E-state index contributed by atoms with van der Waals surface area (Å²) < 4.78 is 104. The number of hydrogen-bond acceptors (Lipinski definition) is 6. The second-order valence-corrected chi connectivity index (χ2v) is 16.6. The van der Waals surface area contributed by atoms with E-state index in [1.807, 2.05) is 13.8 Å². The normalized spacial score (nSPS) is 33.9. The topological polar surface area (TPSA) is 97.3 Å². The largest absolute Gasteiger partial charge is 0.456 e. The van der Waals surface area contributed by atoms with Gasteiger partial charge in [-0.3, -0.25) is 5.32 Å². The fourth-order valence-electron chi connectivity index (χ4n) is 9.99. The smallest absolute Gasteiger partial charge is 0.444 e. The van der Waals surface area contributed by atoms with E-state index in [0.29, 0.717) is 49.3 Å². The Balaban J connectivity index is 1.21. The van der Waals surface area contributed by atoms with Crippen LogP contribution in [0.2, 0.25) is 0 Å². The van der Waals surface area contributed by atoms with Gasteiger partial charge in [-0.25, -0.2) is 9.18 Å². The van der Waals surface area contributed by atoms with Crippen molar-refractivity contribution in [1.29, 1.82) is 0 Å². The molecule has 0 unspecified atom stereocenters. The number of carbonyl (C=O) groups excluding carboxylic acids is 1. The zero-order valence-corrected chi connectivity index (χ0v) is 29.4. The number of rotatable bonds is 5. The first-order valence-corrected chi connectivity index (χ1v) is 17.9. The van der Waals surface area contributed by atoms with Gasteiger partial charge in [0.05, 0.1) is 18.8 Å². The zero-order chi connectivity index (χ0) is 37.5. The van der Waals surface area contributed by atoms with Crippen LogP contribution in [0.5, 0.6) is 0 Å². The van der Waals surface area contributed by atoms with E-state index in [2.05, 4.69) is 5.32 Å². The van der Waals surface area contributed by atoms with Crippen LogP contribution < -0.4 is 5.32 Å². The Bertz CT molecular complexity index is 1720. The van der Waals surface area contributed by atoms with Crippen molar-refractivity contribution in [2.45, 2.75) is 114 Å². The van der Waals surface area contributed by atoms with Crippen molar-refractivity contribution in [1.82, 2.24) is 0 Å². The number of halogens is 6. The van der Waals surface area contributed by atoms with Crippen molar-refractivity contribution in [2.24, 2.45) is 22.7 Å². The van der Waals surface area contributed by atoms with Gasteiger partial charge in [0, 0.05) is 35.3 Å². The van der Waals surface area contributed by atoms with E-state index in [-0.39, 0.29) is 37.7 Å². The lowest BCUT2D eigenvalue weighted by atomic mass is 9.49. The molecule has 1 spiro atoms. The Kier molecular flexibility index (Phi) is 8.91. The summed E-state index contributed by atoms with van der Waals surface area (Å²) in [7, 11) is 0. The molecule has 7 nitrogen and oxygen atoms in total. The minimum absolute atomic E-state index is 0.00717. The minimum Gasteiger partial charge on any atom is -0.444 e. The number of allylic oxidation sites excluding steroid dienone is 1. The summed E-state index contributed by atoms with van der Waals surface area (Å²) in [4.78, 5) is 12.4. The van der Waals surface area contributed by atoms with E-state index in [0.717, 1.165) is 11.1 Å². The molecule has 0 bridgehead atoms. The number of anilines is 1. The quantitative estimate of drug-likeness (QED) is 0.210. The molecule has 52 heavy (non-hydrogen) atoms. The highest BCUT2D eigenvalue weighted by Gasteiger charge is 2.79. The van der Waals surface area contributed by atoms with Gasteiger partial charge in [-0.2, -0.15) is 22.0 Å². The van der Waals surface area contributed by atoms with Gasteiger partial charge in [-0.15, -0.1) is 0 Å². The Labute approximate surface area is 298 Å². The fourth-order valence-corrected chi connectivity index (χ4v) is 9.99. The lowest BCUT2D eigenvalue weighted by molar-refractivity contribution is -0.362. The number of benzene rings is 2. The number of carbonyl (C=O) groups is 1. The molecule has 1 heterocycles. The second-order valence-electron chi connectivity index (χ2n) is 16.6. The molecule has 284 valence electrons. The monoisotopic (exact) mass is 737 g/mol. The first-order valence-electron chi connectivity index (χ1n) is 17.9. The number of hydrogen-bond donors (Lipinski definition) is 3. The lowest BCUT2D eigenvalue weighted by Crippen LogP contribution is -2.65. The van der Waals surface area contributed by atoms with Crippen LogP contribution >= 0.6 is 0 Å². The molecular weight excluding hydrogens is 692 g/mol. The summed E-state index contributed by atoms with van der Waals surface area (Å²) in [6.45, 7) is 6.22. The Hall–Kier alpha value is -3.13. The van der Waals surface area contributed by atoms with Gasteiger partial charge in [-0.1, -0.05) is 50.6 Å². The molecule has 0 radical (unpaired) electrons. The van der Waals surface area contributed by atoms with Crippen molar-refractivity contribution in [2.75, 3.05) is 18.5 Å². The van der Waals surface area contributed by atoms with E-state index < -0.39 is 70.6 Å². The van der Waals surface area contributed by atoms with Crippen LogP contribution in [0.1, 0.15) is 89.2 Å². The van der Waals surface area contributed by atoms with Crippen molar-refractivity contribution < 1.29 is 55.6 Å². The number of nitrogens with one attached hydrogen (secondary N) is 1.